The minimum atomic E-state index is -0.604. The van der Waals surface area contributed by atoms with Crippen LogP contribution in [0, 0.1) is 0 Å². The van der Waals surface area contributed by atoms with Gasteiger partial charge in [0.2, 0.25) is 0 Å². The van der Waals surface area contributed by atoms with Crippen molar-refractivity contribution in [1.82, 2.24) is 19.4 Å². The lowest BCUT2D eigenvalue weighted by Crippen LogP contribution is -2.49. The summed E-state index contributed by atoms with van der Waals surface area (Å²) in [5.41, 5.74) is -0.565. The van der Waals surface area contributed by atoms with Gasteiger partial charge in [0.15, 0.2) is 0 Å². The summed E-state index contributed by atoms with van der Waals surface area (Å²) < 4.78 is 1.00. The molecule has 2 heterocycles. The van der Waals surface area contributed by atoms with Crippen molar-refractivity contribution in [2.24, 2.45) is 0 Å². The van der Waals surface area contributed by atoms with Crippen LogP contribution in [0.5, 0.6) is 0 Å². The second-order valence-electron chi connectivity index (χ2n) is 6.09. The van der Waals surface area contributed by atoms with E-state index >= 15 is 0 Å². The molecule has 132 valence electrons. The SMILES string of the molecule is CN1CCN(C(=O)c2c[nH]c(=O)n(Cc3ccccc3Cl)c2=O)CC1. The van der Waals surface area contributed by atoms with Crippen LogP contribution in [0.25, 0.3) is 0 Å². The smallest absolute Gasteiger partial charge is 0.328 e. The summed E-state index contributed by atoms with van der Waals surface area (Å²) in [4.78, 5) is 43.7. The number of nitrogens with one attached hydrogen (secondary N) is 1. The van der Waals surface area contributed by atoms with E-state index in [0.717, 1.165) is 17.7 Å². The Hall–Kier alpha value is -2.38. The molecule has 1 aliphatic heterocycles. The zero-order valence-electron chi connectivity index (χ0n) is 13.9. The van der Waals surface area contributed by atoms with Crippen LogP contribution in [0.3, 0.4) is 0 Å². The van der Waals surface area contributed by atoms with E-state index in [2.05, 4.69) is 9.88 Å². The Balaban J connectivity index is 1.92. The fourth-order valence-corrected chi connectivity index (χ4v) is 2.98. The number of piperazine rings is 1. The van der Waals surface area contributed by atoms with E-state index in [-0.39, 0.29) is 18.0 Å². The first-order valence-electron chi connectivity index (χ1n) is 8.01. The Bertz CT molecular complexity index is 897. The molecule has 0 unspecified atom stereocenters. The third-order valence-electron chi connectivity index (χ3n) is 4.37. The molecule has 0 atom stereocenters. The number of aromatic amines is 1. The molecule has 0 aliphatic carbocycles. The van der Waals surface area contributed by atoms with Crippen LogP contribution in [0.4, 0.5) is 0 Å². The molecule has 7 nitrogen and oxygen atoms in total. The summed E-state index contributed by atoms with van der Waals surface area (Å²) in [5, 5.41) is 0.463. The monoisotopic (exact) mass is 362 g/mol. The molecular formula is C17H19ClN4O3. The van der Waals surface area contributed by atoms with Crippen LogP contribution in [-0.2, 0) is 6.54 Å². The predicted molar refractivity (Wildman–Crippen MR) is 95.3 cm³/mol. The van der Waals surface area contributed by atoms with E-state index < -0.39 is 11.2 Å². The van der Waals surface area contributed by atoms with E-state index in [4.69, 9.17) is 11.6 Å². The quantitative estimate of drug-likeness (QED) is 0.868. The van der Waals surface area contributed by atoms with E-state index in [1.54, 1.807) is 29.2 Å². The Morgan fingerprint density at radius 2 is 1.84 bits per heavy atom. The fourth-order valence-electron chi connectivity index (χ4n) is 2.78. The van der Waals surface area contributed by atoms with Crippen LogP contribution in [-0.4, -0.2) is 58.5 Å². The number of hydrogen-bond acceptors (Lipinski definition) is 4. The summed E-state index contributed by atoms with van der Waals surface area (Å²) in [6.07, 6.45) is 1.20. The lowest BCUT2D eigenvalue weighted by molar-refractivity contribution is 0.0661. The number of nitrogens with zero attached hydrogens (tertiary/aromatic N) is 3. The van der Waals surface area contributed by atoms with Crippen LogP contribution >= 0.6 is 11.6 Å². The molecule has 2 aromatic rings. The molecule has 1 aromatic heterocycles. The molecule has 1 aliphatic rings. The maximum absolute atomic E-state index is 12.7. The Labute approximate surface area is 149 Å². The lowest BCUT2D eigenvalue weighted by atomic mass is 10.2. The molecule has 8 heteroatoms. The first-order chi connectivity index (χ1) is 12.0. The number of aromatic nitrogens is 2. The highest BCUT2D eigenvalue weighted by Gasteiger charge is 2.24. The fraction of sp³-hybridized carbons (Fsp3) is 0.353. The number of carbonyl (C=O) groups is 1. The highest BCUT2D eigenvalue weighted by atomic mass is 35.5. The van der Waals surface area contributed by atoms with Gasteiger partial charge in [-0.05, 0) is 18.7 Å². The van der Waals surface area contributed by atoms with Gasteiger partial charge < -0.3 is 14.8 Å². The van der Waals surface area contributed by atoms with E-state index in [0.29, 0.717) is 23.7 Å². The van der Waals surface area contributed by atoms with Crippen molar-refractivity contribution in [3.05, 3.63) is 67.4 Å². The van der Waals surface area contributed by atoms with Gasteiger partial charge in [0.1, 0.15) is 5.56 Å². The number of likely N-dealkylation sites (N-methyl/N-ethyl adjacent to an activating group) is 1. The molecule has 0 saturated carbocycles. The molecule has 25 heavy (non-hydrogen) atoms. The first kappa shape index (κ1) is 17.4. The molecule has 1 amide bonds. The van der Waals surface area contributed by atoms with Gasteiger partial charge in [-0.1, -0.05) is 29.8 Å². The average molecular weight is 363 g/mol. The van der Waals surface area contributed by atoms with Gasteiger partial charge in [0, 0.05) is 37.4 Å². The standard InChI is InChI=1S/C17H19ClN4O3/c1-20-6-8-21(9-7-20)15(23)13-10-19-17(25)22(16(13)24)11-12-4-2-3-5-14(12)18/h2-5,10H,6-9,11H2,1H3,(H,19,25). The van der Waals surface area contributed by atoms with Gasteiger partial charge in [0.05, 0.1) is 6.54 Å². The number of halogens is 1. The van der Waals surface area contributed by atoms with Gasteiger partial charge in [-0.25, -0.2) is 4.79 Å². The van der Waals surface area contributed by atoms with E-state index in [1.807, 2.05) is 7.05 Å². The molecular weight excluding hydrogens is 344 g/mol. The maximum Gasteiger partial charge on any atom is 0.328 e. The van der Waals surface area contributed by atoms with Crippen molar-refractivity contribution in [3.8, 4) is 0 Å². The largest absolute Gasteiger partial charge is 0.336 e. The summed E-state index contributed by atoms with van der Waals surface area (Å²) >= 11 is 6.11. The average Bonchev–Trinajstić information content (AvgIpc) is 2.60. The Kier molecular flexibility index (Phi) is 5.06. The van der Waals surface area contributed by atoms with Crippen LogP contribution in [0.15, 0.2) is 40.1 Å². The second-order valence-corrected chi connectivity index (χ2v) is 6.49. The predicted octanol–water partition coefficient (Wildman–Crippen LogP) is 0.626. The molecule has 0 bridgehead atoms. The minimum absolute atomic E-state index is 0.0116. The van der Waals surface area contributed by atoms with Gasteiger partial charge in [-0.2, -0.15) is 0 Å². The number of carbonyl (C=O) groups excluding carboxylic acids is 1. The van der Waals surface area contributed by atoms with Crippen molar-refractivity contribution in [1.29, 1.82) is 0 Å². The lowest BCUT2D eigenvalue weighted by Gasteiger charge is -2.32. The topological polar surface area (TPSA) is 78.4 Å². The number of benzene rings is 1. The van der Waals surface area contributed by atoms with Crippen molar-refractivity contribution in [2.45, 2.75) is 6.54 Å². The molecule has 0 radical (unpaired) electrons. The van der Waals surface area contributed by atoms with E-state index in [1.165, 1.54) is 6.20 Å². The van der Waals surface area contributed by atoms with Gasteiger partial charge in [0.25, 0.3) is 11.5 Å². The van der Waals surface area contributed by atoms with Crippen molar-refractivity contribution in [2.75, 3.05) is 33.2 Å². The normalized spacial score (nSPS) is 15.4. The van der Waals surface area contributed by atoms with Gasteiger partial charge >= 0.3 is 5.69 Å². The Morgan fingerprint density at radius 1 is 1.16 bits per heavy atom. The summed E-state index contributed by atoms with van der Waals surface area (Å²) in [5.74, 6) is -0.359. The number of amides is 1. The molecule has 0 spiro atoms. The minimum Gasteiger partial charge on any atom is -0.336 e. The highest BCUT2D eigenvalue weighted by molar-refractivity contribution is 6.31. The second kappa shape index (κ2) is 7.25. The molecule has 1 fully saturated rings. The number of H-pyrrole nitrogens is 1. The zero-order valence-corrected chi connectivity index (χ0v) is 14.6. The van der Waals surface area contributed by atoms with E-state index in [9.17, 15) is 14.4 Å². The Morgan fingerprint density at radius 3 is 2.52 bits per heavy atom. The first-order valence-corrected chi connectivity index (χ1v) is 8.39. The van der Waals surface area contributed by atoms with Crippen LogP contribution in [0.1, 0.15) is 15.9 Å². The number of hydrogen-bond donors (Lipinski definition) is 1. The molecule has 1 N–H and O–H groups in total. The van der Waals surface area contributed by atoms with Crippen molar-refractivity contribution < 1.29 is 4.79 Å². The summed E-state index contributed by atoms with van der Waals surface area (Å²) in [6.45, 7) is 2.63. The molecule has 3 rings (SSSR count). The van der Waals surface area contributed by atoms with Crippen LogP contribution < -0.4 is 11.2 Å². The summed E-state index contributed by atoms with van der Waals surface area (Å²) in [7, 11) is 1.98. The zero-order chi connectivity index (χ0) is 18.0. The van der Waals surface area contributed by atoms with Gasteiger partial charge in [-0.3, -0.25) is 14.2 Å². The molecule has 1 saturated heterocycles. The number of rotatable bonds is 3. The van der Waals surface area contributed by atoms with Crippen LogP contribution in [0.2, 0.25) is 5.02 Å². The maximum atomic E-state index is 12.7. The van der Waals surface area contributed by atoms with Crippen molar-refractivity contribution in [3.63, 3.8) is 0 Å². The molecule has 1 aromatic carbocycles. The van der Waals surface area contributed by atoms with Gasteiger partial charge in [-0.15, -0.1) is 0 Å². The highest BCUT2D eigenvalue weighted by Crippen LogP contribution is 2.15. The summed E-state index contributed by atoms with van der Waals surface area (Å²) in [6, 6.07) is 6.98. The van der Waals surface area contributed by atoms with Crippen molar-refractivity contribution >= 4 is 17.5 Å². The third kappa shape index (κ3) is 3.67. The third-order valence-corrected chi connectivity index (χ3v) is 4.74.